The highest BCUT2D eigenvalue weighted by Crippen LogP contribution is 2.34. The van der Waals surface area contributed by atoms with Crippen LogP contribution in [0.25, 0.3) is 0 Å². The van der Waals surface area contributed by atoms with Crippen molar-refractivity contribution in [3.05, 3.63) is 46.0 Å². The van der Waals surface area contributed by atoms with Crippen molar-refractivity contribution < 1.29 is 24.5 Å². The van der Waals surface area contributed by atoms with Gasteiger partial charge in [-0.25, -0.2) is 9.59 Å². The maximum Gasteiger partial charge on any atom is 0.328 e. The van der Waals surface area contributed by atoms with Gasteiger partial charge in [-0.2, -0.15) is 0 Å². The summed E-state index contributed by atoms with van der Waals surface area (Å²) in [5.74, 6) is -1.50. The Morgan fingerprint density at radius 2 is 1.88 bits per heavy atom. The van der Waals surface area contributed by atoms with Gasteiger partial charge < -0.3 is 20.3 Å². The Kier molecular flexibility index (Phi) is 9.52. The van der Waals surface area contributed by atoms with Gasteiger partial charge in [0.15, 0.2) is 0 Å². The molecule has 1 aromatic carbocycles. The van der Waals surface area contributed by atoms with Gasteiger partial charge in [-0.3, -0.25) is 0 Å². The molecule has 0 saturated carbocycles. The molecule has 0 bridgehead atoms. The number of carboxylic acids is 2. The van der Waals surface area contributed by atoms with Crippen LogP contribution in [-0.2, 0) is 14.3 Å². The number of nitrogens with one attached hydrogen (secondary N) is 1. The standard InChI is InChI=1S/C13H17Cl2NO.C4H4O4/c1-17-8-10-7-16-5-4-11(10)9-2-3-12(14)13(15)6-9;5-3(6)1-2-4(7)8/h2-3,6,10-11,16H,4-5,7-8H2,1H3;1-2H,(H,5,6)(H,7,8). The SMILES string of the molecule is COCC1CNCCC1c1ccc(Cl)c(Cl)c1.O=C(O)C=CC(=O)O. The Labute approximate surface area is 156 Å². The normalized spacial score (nSPS) is 20.0. The molecule has 0 radical (unpaired) electrons. The van der Waals surface area contributed by atoms with Crippen molar-refractivity contribution in [1.82, 2.24) is 5.32 Å². The molecule has 8 heteroatoms. The molecule has 1 saturated heterocycles. The van der Waals surface area contributed by atoms with Crippen LogP contribution in [0.4, 0.5) is 0 Å². The third-order valence-electron chi connectivity index (χ3n) is 3.73. The largest absolute Gasteiger partial charge is 0.478 e. The fourth-order valence-electron chi connectivity index (χ4n) is 2.64. The van der Waals surface area contributed by atoms with E-state index in [2.05, 4.69) is 11.4 Å². The van der Waals surface area contributed by atoms with Gasteiger partial charge >= 0.3 is 11.9 Å². The number of ether oxygens (including phenoxy) is 1. The predicted molar refractivity (Wildman–Crippen MR) is 96.5 cm³/mol. The maximum absolute atomic E-state index is 9.55. The molecule has 6 nitrogen and oxygen atoms in total. The average Bonchev–Trinajstić information content (AvgIpc) is 2.57. The number of carboxylic acid groups (broad SMARTS) is 2. The van der Waals surface area contributed by atoms with E-state index in [1.807, 2.05) is 12.1 Å². The zero-order valence-electron chi connectivity index (χ0n) is 13.7. The molecule has 25 heavy (non-hydrogen) atoms. The minimum Gasteiger partial charge on any atom is -0.478 e. The first-order chi connectivity index (χ1) is 11.8. The fraction of sp³-hybridized carbons (Fsp3) is 0.412. The zero-order valence-corrected chi connectivity index (χ0v) is 15.3. The van der Waals surface area contributed by atoms with Crippen LogP contribution in [0.15, 0.2) is 30.4 Å². The Morgan fingerprint density at radius 3 is 2.40 bits per heavy atom. The minimum atomic E-state index is -1.26. The number of piperidine rings is 1. The quantitative estimate of drug-likeness (QED) is 0.669. The van der Waals surface area contributed by atoms with Gasteiger partial charge in [0.25, 0.3) is 0 Å². The van der Waals surface area contributed by atoms with E-state index >= 15 is 0 Å². The third-order valence-corrected chi connectivity index (χ3v) is 4.47. The van der Waals surface area contributed by atoms with Gasteiger partial charge in [0.05, 0.1) is 16.7 Å². The van der Waals surface area contributed by atoms with Crippen molar-refractivity contribution in [2.24, 2.45) is 5.92 Å². The van der Waals surface area contributed by atoms with Crippen LogP contribution in [0.2, 0.25) is 10.0 Å². The molecule has 0 aliphatic carbocycles. The zero-order chi connectivity index (χ0) is 18.8. The molecule has 0 aromatic heterocycles. The second kappa shape index (κ2) is 11.1. The van der Waals surface area contributed by atoms with Gasteiger partial charge in [-0.15, -0.1) is 0 Å². The Balaban J connectivity index is 0.000000333. The number of rotatable bonds is 5. The summed E-state index contributed by atoms with van der Waals surface area (Å²) in [5.41, 5.74) is 1.27. The summed E-state index contributed by atoms with van der Waals surface area (Å²) in [6.07, 6.45) is 2.23. The van der Waals surface area contributed by atoms with Gasteiger partial charge in [-0.05, 0) is 36.6 Å². The summed E-state index contributed by atoms with van der Waals surface area (Å²) in [4.78, 5) is 19.1. The highest BCUT2D eigenvalue weighted by Gasteiger charge is 2.26. The molecule has 1 aliphatic rings. The number of benzene rings is 1. The fourth-order valence-corrected chi connectivity index (χ4v) is 2.94. The molecule has 2 atom stereocenters. The summed E-state index contributed by atoms with van der Waals surface area (Å²) in [6.45, 7) is 2.82. The highest BCUT2D eigenvalue weighted by atomic mass is 35.5. The van der Waals surface area contributed by atoms with E-state index in [4.69, 9.17) is 38.2 Å². The van der Waals surface area contributed by atoms with E-state index in [9.17, 15) is 9.59 Å². The molecule has 2 rings (SSSR count). The molecule has 1 heterocycles. The summed E-state index contributed by atoms with van der Waals surface area (Å²) in [6, 6.07) is 5.94. The molecule has 0 amide bonds. The number of methoxy groups -OCH3 is 1. The predicted octanol–water partition coefficient (Wildman–Crippen LogP) is 3.04. The van der Waals surface area contributed by atoms with Crippen molar-refractivity contribution in [3.8, 4) is 0 Å². The van der Waals surface area contributed by atoms with Crippen LogP contribution in [0.5, 0.6) is 0 Å². The number of carbonyl (C=O) groups is 2. The van der Waals surface area contributed by atoms with E-state index in [0.29, 0.717) is 34.0 Å². The maximum atomic E-state index is 9.55. The monoisotopic (exact) mass is 389 g/mol. The van der Waals surface area contributed by atoms with Crippen LogP contribution in [0.1, 0.15) is 17.9 Å². The van der Waals surface area contributed by atoms with Crippen LogP contribution < -0.4 is 5.32 Å². The van der Waals surface area contributed by atoms with Crippen LogP contribution in [-0.4, -0.2) is 49.0 Å². The number of hydrogen-bond acceptors (Lipinski definition) is 4. The molecular formula is C17H21Cl2NO5. The van der Waals surface area contributed by atoms with Crippen molar-refractivity contribution in [2.75, 3.05) is 26.8 Å². The Bertz CT molecular complexity index is 603. The van der Waals surface area contributed by atoms with Gasteiger partial charge in [0.2, 0.25) is 0 Å². The second-order valence-corrected chi connectivity index (χ2v) is 6.31. The summed E-state index contributed by atoms with van der Waals surface area (Å²) in [7, 11) is 1.75. The van der Waals surface area contributed by atoms with E-state index in [1.54, 1.807) is 7.11 Å². The summed E-state index contributed by atoms with van der Waals surface area (Å²) < 4.78 is 5.29. The molecule has 2 unspecified atom stereocenters. The van der Waals surface area contributed by atoms with Crippen LogP contribution >= 0.6 is 23.2 Å². The molecule has 1 aromatic rings. The van der Waals surface area contributed by atoms with Crippen molar-refractivity contribution in [2.45, 2.75) is 12.3 Å². The average molecular weight is 390 g/mol. The topological polar surface area (TPSA) is 95.9 Å². The lowest BCUT2D eigenvalue weighted by Crippen LogP contribution is -2.37. The van der Waals surface area contributed by atoms with E-state index in [0.717, 1.165) is 26.1 Å². The molecule has 0 spiro atoms. The first kappa shape index (κ1) is 21.4. The molecule has 1 aliphatic heterocycles. The van der Waals surface area contributed by atoms with Crippen molar-refractivity contribution in [1.29, 1.82) is 0 Å². The van der Waals surface area contributed by atoms with E-state index in [-0.39, 0.29) is 0 Å². The molecular weight excluding hydrogens is 369 g/mol. The minimum absolute atomic E-state index is 0.506. The lowest BCUT2D eigenvalue weighted by Gasteiger charge is -2.32. The smallest absolute Gasteiger partial charge is 0.328 e. The highest BCUT2D eigenvalue weighted by molar-refractivity contribution is 6.42. The van der Waals surface area contributed by atoms with Crippen LogP contribution in [0.3, 0.4) is 0 Å². The third kappa shape index (κ3) is 7.88. The van der Waals surface area contributed by atoms with Crippen molar-refractivity contribution in [3.63, 3.8) is 0 Å². The Morgan fingerprint density at radius 1 is 1.24 bits per heavy atom. The second-order valence-electron chi connectivity index (χ2n) is 5.50. The summed E-state index contributed by atoms with van der Waals surface area (Å²) in [5, 5.41) is 20.3. The van der Waals surface area contributed by atoms with Crippen molar-refractivity contribution >= 4 is 35.1 Å². The van der Waals surface area contributed by atoms with E-state index in [1.165, 1.54) is 5.56 Å². The molecule has 138 valence electrons. The van der Waals surface area contributed by atoms with E-state index < -0.39 is 11.9 Å². The molecule has 1 fully saturated rings. The first-order valence-corrected chi connectivity index (χ1v) is 8.39. The number of aliphatic carboxylic acids is 2. The summed E-state index contributed by atoms with van der Waals surface area (Å²) >= 11 is 12.0. The first-order valence-electron chi connectivity index (χ1n) is 7.63. The van der Waals surface area contributed by atoms with Gasteiger partial charge in [0, 0.05) is 31.7 Å². The number of halogens is 2. The van der Waals surface area contributed by atoms with Gasteiger partial charge in [0.1, 0.15) is 0 Å². The van der Waals surface area contributed by atoms with Crippen LogP contribution in [0, 0.1) is 5.92 Å². The lowest BCUT2D eigenvalue weighted by atomic mass is 9.81. The van der Waals surface area contributed by atoms with Gasteiger partial charge in [-0.1, -0.05) is 29.3 Å². The Hall–Kier alpha value is -1.60. The lowest BCUT2D eigenvalue weighted by molar-refractivity contribution is -0.134. The molecule has 3 N–H and O–H groups in total. The number of hydrogen-bond donors (Lipinski definition) is 3.